The van der Waals surface area contributed by atoms with Crippen LogP contribution in [-0.2, 0) is 6.18 Å². The van der Waals surface area contributed by atoms with Crippen LogP contribution in [0.1, 0.15) is 28.8 Å². The van der Waals surface area contributed by atoms with Gasteiger partial charge in [0.05, 0.1) is 6.10 Å². The van der Waals surface area contributed by atoms with Crippen LogP contribution in [0.15, 0.2) is 12.4 Å². The predicted octanol–water partition coefficient (Wildman–Crippen LogP) is 2.34. The summed E-state index contributed by atoms with van der Waals surface area (Å²) in [6.45, 7) is 0. The Kier molecular flexibility index (Phi) is 3.38. The highest BCUT2D eigenvalue weighted by molar-refractivity contribution is 5.96. The number of carbonyl (C=O) groups is 1. The highest BCUT2D eigenvalue weighted by Crippen LogP contribution is 2.40. The summed E-state index contributed by atoms with van der Waals surface area (Å²) in [5, 5.41) is 0. The molecule has 0 aliphatic heterocycles. The van der Waals surface area contributed by atoms with E-state index in [2.05, 4.69) is 4.98 Å². The summed E-state index contributed by atoms with van der Waals surface area (Å²) in [7, 11) is 2.92. The minimum Gasteiger partial charge on any atom is -0.489 e. The first-order chi connectivity index (χ1) is 8.80. The van der Waals surface area contributed by atoms with Gasteiger partial charge in [-0.25, -0.2) is 0 Å². The fraction of sp³-hybridized carbons (Fsp3) is 0.500. The highest BCUT2D eigenvalue weighted by Gasteiger charge is 2.39. The van der Waals surface area contributed by atoms with Crippen molar-refractivity contribution in [3.8, 4) is 5.75 Å². The van der Waals surface area contributed by atoms with Crippen molar-refractivity contribution in [1.29, 1.82) is 0 Å². The number of halogens is 3. The van der Waals surface area contributed by atoms with Gasteiger partial charge >= 0.3 is 6.18 Å². The Balaban J connectivity index is 2.49. The number of carbonyl (C=O) groups excluding carboxylic acids is 1. The van der Waals surface area contributed by atoms with Crippen molar-refractivity contribution in [3.63, 3.8) is 0 Å². The van der Waals surface area contributed by atoms with Crippen LogP contribution in [0.4, 0.5) is 13.2 Å². The molecule has 1 aliphatic carbocycles. The van der Waals surface area contributed by atoms with E-state index in [9.17, 15) is 18.0 Å². The number of nitrogens with zero attached hydrogens (tertiary/aromatic N) is 2. The zero-order valence-corrected chi connectivity index (χ0v) is 10.5. The Hall–Kier alpha value is -1.79. The van der Waals surface area contributed by atoms with Gasteiger partial charge in [-0.3, -0.25) is 9.78 Å². The molecule has 19 heavy (non-hydrogen) atoms. The molecule has 1 saturated carbocycles. The van der Waals surface area contributed by atoms with E-state index in [1.165, 1.54) is 19.0 Å². The Morgan fingerprint density at radius 3 is 2.47 bits per heavy atom. The second kappa shape index (κ2) is 4.71. The number of rotatable bonds is 3. The Bertz CT molecular complexity index is 496. The van der Waals surface area contributed by atoms with Crippen molar-refractivity contribution in [2.45, 2.75) is 25.1 Å². The molecule has 104 valence electrons. The fourth-order valence-electron chi connectivity index (χ4n) is 1.52. The van der Waals surface area contributed by atoms with Gasteiger partial charge in [-0.2, -0.15) is 13.2 Å². The number of hydrogen-bond donors (Lipinski definition) is 0. The van der Waals surface area contributed by atoms with Crippen molar-refractivity contribution in [2.75, 3.05) is 14.1 Å². The third-order valence-corrected chi connectivity index (χ3v) is 2.65. The molecule has 0 spiro atoms. The van der Waals surface area contributed by atoms with Gasteiger partial charge in [0.25, 0.3) is 5.91 Å². The van der Waals surface area contributed by atoms with Crippen LogP contribution in [0.25, 0.3) is 0 Å². The zero-order chi connectivity index (χ0) is 14.2. The number of pyridine rings is 1. The first kappa shape index (κ1) is 13.6. The van der Waals surface area contributed by atoms with Gasteiger partial charge in [0.2, 0.25) is 0 Å². The molecule has 0 N–H and O–H groups in total. The van der Waals surface area contributed by atoms with Gasteiger partial charge in [0.1, 0.15) is 16.9 Å². The Labute approximate surface area is 108 Å². The van der Waals surface area contributed by atoms with Crippen molar-refractivity contribution in [3.05, 3.63) is 23.5 Å². The number of aromatic nitrogens is 1. The van der Waals surface area contributed by atoms with Crippen LogP contribution in [0.3, 0.4) is 0 Å². The molecule has 0 radical (unpaired) electrons. The van der Waals surface area contributed by atoms with E-state index in [1.54, 1.807) is 0 Å². The lowest BCUT2D eigenvalue weighted by Gasteiger charge is -2.18. The molecule has 0 unspecified atom stereocenters. The number of amides is 1. The van der Waals surface area contributed by atoms with E-state index in [-0.39, 0.29) is 11.7 Å². The number of hydrogen-bond acceptors (Lipinski definition) is 3. The van der Waals surface area contributed by atoms with E-state index >= 15 is 0 Å². The van der Waals surface area contributed by atoms with Gasteiger partial charge in [0.15, 0.2) is 0 Å². The molecule has 1 fully saturated rings. The average molecular weight is 274 g/mol. The summed E-state index contributed by atoms with van der Waals surface area (Å²) in [5.74, 6) is -0.974. The lowest BCUT2D eigenvalue weighted by molar-refractivity contribution is -0.139. The molecule has 1 aromatic heterocycles. The maximum atomic E-state index is 12.9. The second-order valence-corrected chi connectivity index (χ2v) is 4.58. The van der Waals surface area contributed by atoms with Crippen molar-refractivity contribution in [1.82, 2.24) is 9.88 Å². The van der Waals surface area contributed by atoms with Gasteiger partial charge in [-0.15, -0.1) is 0 Å². The quantitative estimate of drug-likeness (QED) is 0.849. The highest BCUT2D eigenvalue weighted by atomic mass is 19.4. The lowest BCUT2D eigenvalue weighted by atomic mass is 10.1. The van der Waals surface area contributed by atoms with Crippen LogP contribution in [0.5, 0.6) is 5.75 Å². The van der Waals surface area contributed by atoms with E-state index in [0.717, 1.165) is 6.20 Å². The average Bonchev–Trinajstić information content (AvgIpc) is 3.10. The van der Waals surface area contributed by atoms with Gasteiger partial charge in [-0.05, 0) is 12.8 Å². The molecule has 0 bridgehead atoms. The Morgan fingerprint density at radius 2 is 2.00 bits per heavy atom. The maximum Gasteiger partial charge on any atom is 0.421 e. The molecule has 1 aliphatic rings. The molecule has 4 nitrogen and oxygen atoms in total. The summed E-state index contributed by atoms with van der Waals surface area (Å²) in [5.41, 5.74) is -1.17. The SMILES string of the molecule is CN(C)C(=O)c1cncc(C(F)(F)F)c1OC1CC1. The predicted molar refractivity (Wildman–Crippen MR) is 60.9 cm³/mol. The van der Waals surface area contributed by atoms with Gasteiger partial charge in [0, 0.05) is 26.5 Å². The van der Waals surface area contributed by atoms with Gasteiger partial charge in [-0.1, -0.05) is 0 Å². The first-order valence-electron chi connectivity index (χ1n) is 5.74. The lowest BCUT2D eigenvalue weighted by Crippen LogP contribution is -2.24. The molecule has 2 rings (SSSR count). The summed E-state index contributed by atoms with van der Waals surface area (Å²) >= 11 is 0. The number of alkyl halides is 3. The molecular weight excluding hydrogens is 261 g/mol. The van der Waals surface area contributed by atoms with Gasteiger partial charge < -0.3 is 9.64 Å². The number of ether oxygens (including phenoxy) is 1. The van der Waals surface area contributed by atoms with Crippen molar-refractivity contribution < 1.29 is 22.7 Å². The second-order valence-electron chi connectivity index (χ2n) is 4.58. The Morgan fingerprint density at radius 1 is 1.37 bits per heavy atom. The van der Waals surface area contributed by atoms with Crippen molar-refractivity contribution >= 4 is 5.91 Å². The largest absolute Gasteiger partial charge is 0.489 e. The molecular formula is C12H13F3N2O2. The standard InChI is InChI=1S/C12H13F3N2O2/c1-17(2)11(18)8-5-16-6-9(12(13,14)15)10(8)19-7-3-4-7/h5-7H,3-4H2,1-2H3. The van der Waals surface area contributed by atoms with E-state index in [0.29, 0.717) is 19.0 Å². The molecule has 0 atom stereocenters. The van der Waals surface area contributed by atoms with E-state index in [1.807, 2.05) is 0 Å². The monoisotopic (exact) mass is 274 g/mol. The van der Waals surface area contributed by atoms with Crippen LogP contribution in [0, 0.1) is 0 Å². The minimum atomic E-state index is -4.60. The van der Waals surface area contributed by atoms with E-state index in [4.69, 9.17) is 4.74 Å². The molecule has 1 aromatic rings. The summed E-state index contributed by atoms with van der Waals surface area (Å²) < 4.78 is 44.0. The molecule has 1 heterocycles. The molecule has 1 amide bonds. The third kappa shape index (κ3) is 2.97. The molecule has 0 aromatic carbocycles. The summed E-state index contributed by atoms with van der Waals surface area (Å²) in [6.07, 6.45) is -1.64. The minimum absolute atomic E-state index is 0.160. The summed E-state index contributed by atoms with van der Waals surface area (Å²) in [6, 6.07) is 0. The van der Waals surface area contributed by atoms with Crippen LogP contribution < -0.4 is 4.74 Å². The van der Waals surface area contributed by atoms with Crippen LogP contribution in [0.2, 0.25) is 0 Å². The summed E-state index contributed by atoms with van der Waals surface area (Å²) in [4.78, 5) is 16.6. The maximum absolute atomic E-state index is 12.9. The third-order valence-electron chi connectivity index (χ3n) is 2.65. The first-order valence-corrected chi connectivity index (χ1v) is 5.74. The fourth-order valence-corrected chi connectivity index (χ4v) is 1.52. The normalized spacial score (nSPS) is 15.2. The van der Waals surface area contributed by atoms with Crippen molar-refractivity contribution in [2.24, 2.45) is 0 Å². The smallest absolute Gasteiger partial charge is 0.421 e. The van der Waals surface area contributed by atoms with E-state index < -0.39 is 23.4 Å². The van der Waals surface area contributed by atoms with Crippen LogP contribution in [-0.4, -0.2) is 36.0 Å². The topological polar surface area (TPSA) is 42.4 Å². The molecule has 7 heteroatoms. The molecule has 0 saturated heterocycles. The zero-order valence-electron chi connectivity index (χ0n) is 10.5. The van der Waals surface area contributed by atoms with Crippen LogP contribution >= 0.6 is 0 Å².